The van der Waals surface area contributed by atoms with E-state index in [0.717, 1.165) is 11.3 Å². The zero-order valence-corrected chi connectivity index (χ0v) is 14.2. The monoisotopic (exact) mass is 360 g/mol. The molecule has 0 unspecified atom stereocenters. The first kappa shape index (κ1) is 15.7. The fraction of sp³-hybridized carbons (Fsp3) is 0.200. The number of aromatic nitrogens is 5. The van der Waals surface area contributed by atoms with Crippen LogP contribution in [-0.4, -0.2) is 38.7 Å². The quantitative estimate of drug-likeness (QED) is 0.555. The van der Waals surface area contributed by atoms with Crippen LogP contribution in [0.4, 0.5) is 0 Å². The van der Waals surface area contributed by atoms with E-state index in [9.17, 15) is 8.42 Å². The van der Waals surface area contributed by atoms with Crippen LogP contribution in [0.15, 0.2) is 58.8 Å². The zero-order chi connectivity index (χ0) is 17.4. The van der Waals surface area contributed by atoms with Gasteiger partial charge in [0.05, 0.1) is 12.6 Å². The minimum absolute atomic E-state index is 0.0112. The second kappa shape index (κ2) is 5.90. The molecular weight excluding hydrogens is 344 g/mol. The standard InChI is InChI=1S/C15H16N6O3S/c1-19-10-14(16-11-19)25(22,23)17-4-5-20-6-7-21-15(20)9-12(18-21)13-3-2-8-24-13/h2-3,6-11,17H,4-5H2,1H3. The fourth-order valence-corrected chi connectivity index (χ4v) is 3.56. The van der Waals surface area contributed by atoms with Crippen molar-refractivity contribution in [2.24, 2.45) is 7.05 Å². The third-order valence-electron chi connectivity index (χ3n) is 3.77. The molecule has 0 saturated carbocycles. The van der Waals surface area contributed by atoms with Gasteiger partial charge in [-0.15, -0.1) is 0 Å². The maximum Gasteiger partial charge on any atom is 0.259 e. The molecule has 0 amide bonds. The first-order valence-electron chi connectivity index (χ1n) is 7.59. The van der Waals surface area contributed by atoms with Gasteiger partial charge in [-0.25, -0.2) is 22.6 Å². The summed E-state index contributed by atoms with van der Waals surface area (Å²) in [6, 6.07) is 5.54. The number of hydrogen-bond acceptors (Lipinski definition) is 5. The van der Waals surface area contributed by atoms with Gasteiger partial charge < -0.3 is 13.6 Å². The average molecular weight is 360 g/mol. The van der Waals surface area contributed by atoms with Gasteiger partial charge in [0.15, 0.2) is 10.8 Å². The molecule has 0 atom stereocenters. The van der Waals surface area contributed by atoms with E-state index in [1.807, 2.05) is 29.1 Å². The molecule has 130 valence electrons. The maximum absolute atomic E-state index is 12.2. The summed E-state index contributed by atoms with van der Waals surface area (Å²) in [5, 5.41) is 4.44. The molecule has 0 saturated heterocycles. The van der Waals surface area contributed by atoms with Crippen molar-refractivity contribution >= 4 is 15.7 Å². The summed E-state index contributed by atoms with van der Waals surface area (Å²) in [5.74, 6) is 0.686. The van der Waals surface area contributed by atoms with Crippen molar-refractivity contribution in [3.8, 4) is 11.5 Å². The van der Waals surface area contributed by atoms with Crippen molar-refractivity contribution in [2.45, 2.75) is 11.6 Å². The number of imidazole rings is 2. The molecule has 0 spiro atoms. The number of hydrogen-bond donors (Lipinski definition) is 1. The van der Waals surface area contributed by atoms with Gasteiger partial charge in [-0.2, -0.15) is 5.10 Å². The Bertz CT molecular complexity index is 1100. The van der Waals surface area contributed by atoms with Gasteiger partial charge in [0.2, 0.25) is 0 Å². The van der Waals surface area contributed by atoms with Crippen LogP contribution in [0.2, 0.25) is 0 Å². The molecule has 4 aromatic rings. The molecule has 0 aliphatic carbocycles. The fourth-order valence-electron chi connectivity index (χ4n) is 2.56. The van der Waals surface area contributed by atoms with Gasteiger partial charge in [0.1, 0.15) is 11.3 Å². The van der Waals surface area contributed by atoms with Crippen molar-refractivity contribution in [3.05, 3.63) is 49.4 Å². The molecule has 0 aliphatic rings. The summed E-state index contributed by atoms with van der Waals surface area (Å²) >= 11 is 0. The van der Waals surface area contributed by atoms with Gasteiger partial charge in [-0.3, -0.25) is 0 Å². The topological polar surface area (TPSA) is 99.4 Å². The summed E-state index contributed by atoms with van der Waals surface area (Å²) in [6.07, 6.45) is 8.17. The highest BCUT2D eigenvalue weighted by Gasteiger charge is 2.16. The van der Waals surface area contributed by atoms with Gasteiger partial charge in [0.25, 0.3) is 10.0 Å². The van der Waals surface area contributed by atoms with Crippen LogP contribution >= 0.6 is 0 Å². The Hall–Kier alpha value is -2.85. The Morgan fingerprint density at radius 2 is 2.20 bits per heavy atom. The third-order valence-corrected chi connectivity index (χ3v) is 5.12. The highest BCUT2D eigenvalue weighted by molar-refractivity contribution is 7.89. The first-order valence-corrected chi connectivity index (χ1v) is 9.07. The van der Waals surface area contributed by atoms with Crippen LogP contribution in [0.3, 0.4) is 0 Å². The summed E-state index contributed by atoms with van der Waals surface area (Å²) < 4.78 is 37.5. The van der Waals surface area contributed by atoms with Crippen molar-refractivity contribution in [1.82, 2.24) is 28.5 Å². The molecule has 0 fully saturated rings. The van der Waals surface area contributed by atoms with Crippen LogP contribution in [0, 0.1) is 0 Å². The van der Waals surface area contributed by atoms with E-state index in [2.05, 4.69) is 14.8 Å². The van der Waals surface area contributed by atoms with Crippen molar-refractivity contribution in [3.63, 3.8) is 0 Å². The second-order valence-electron chi connectivity index (χ2n) is 5.58. The summed E-state index contributed by atoms with van der Waals surface area (Å²) in [7, 11) is -1.89. The van der Waals surface area contributed by atoms with E-state index in [-0.39, 0.29) is 11.6 Å². The molecule has 0 radical (unpaired) electrons. The molecule has 0 aromatic carbocycles. The number of furan rings is 1. The number of nitrogens with zero attached hydrogens (tertiary/aromatic N) is 5. The first-order chi connectivity index (χ1) is 12.0. The van der Waals surface area contributed by atoms with Crippen molar-refractivity contribution in [1.29, 1.82) is 0 Å². The molecule has 25 heavy (non-hydrogen) atoms. The number of sulfonamides is 1. The maximum atomic E-state index is 12.2. The molecule has 1 N–H and O–H groups in total. The smallest absolute Gasteiger partial charge is 0.259 e. The molecule has 4 heterocycles. The number of rotatable bonds is 6. The molecule has 0 bridgehead atoms. The average Bonchev–Trinajstić information content (AvgIpc) is 3.31. The van der Waals surface area contributed by atoms with Gasteiger partial charge in [0, 0.05) is 44.8 Å². The lowest BCUT2D eigenvalue weighted by Gasteiger charge is -2.05. The lowest BCUT2D eigenvalue weighted by atomic mass is 10.3. The third kappa shape index (κ3) is 2.96. The lowest BCUT2D eigenvalue weighted by molar-refractivity contribution is 0.571. The SMILES string of the molecule is Cn1cnc(S(=O)(=O)NCCn2ccn3nc(-c4ccco4)cc23)c1. The van der Waals surface area contributed by atoms with E-state index in [1.54, 1.807) is 28.5 Å². The van der Waals surface area contributed by atoms with E-state index < -0.39 is 10.0 Å². The largest absolute Gasteiger partial charge is 0.463 e. The van der Waals surface area contributed by atoms with Crippen molar-refractivity contribution in [2.75, 3.05) is 6.54 Å². The van der Waals surface area contributed by atoms with E-state index in [0.29, 0.717) is 12.3 Å². The minimum atomic E-state index is -3.61. The Balaban J connectivity index is 1.48. The Morgan fingerprint density at radius 3 is 2.92 bits per heavy atom. The predicted molar refractivity (Wildman–Crippen MR) is 89.3 cm³/mol. The number of fused-ring (bicyclic) bond motifs is 1. The van der Waals surface area contributed by atoms with Crippen LogP contribution in [0.1, 0.15) is 0 Å². The molecule has 10 heteroatoms. The summed E-state index contributed by atoms with van der Waals surface area (Å²) in [5.41, 5.74) is 1.58. The van der Waals surface area contributed by atoms with E-state index in [4.69, 9.17) is 4.42 Å². The zero-order valence-electron chi connectivity index (χ0n) is 13.4. The van der Waals surface area contributed by atoms with Gasteiger partial charge in [-0.1, -0.05) is 0 Å². The Labute approximate surface area is 143 Å². The Morgan fingerprint density at radius 1 is 1.32 bits per heavy atom. The predicted octanol–water partition coefficient (Wildman–Crippen LogP) is 1.11. The molecule has 4 rings (SSSR count). The van der Waals surface area contributed by atoms with Gasteiger partial charge >= 0.3 is 0 Å². The second-order valence-corrected chi connectivity index (χ2v) is 7.29. The molecular formula is C15H16N6O3S. The Kier molecular flexibility index (Phi) is 3.70. The van der Waals surface area contributed by atoms with E-state index in [1.165, 1.54) is 12.5 Å². The summed E-state index contributed by atoms with van der Waals surface area (Å²) in [4.78, 5) is 3.87. The van der Waals surface area contributed by atoms with Crippen LogP contribution in [-0.2, 0) is 23.6 Å². The number of nitrogens with one attached hydrogen (secondary N) is 1. The summed E-state index contributed by atoms with van der Waals surface area (Å²) in [6.45, 7) is 0.705. The number of aryl methyl sites for hydroxylation is 1. The van der Waals surface area contributed by atoms with Crippen LogP contribution in [0.5, 0.6) is 0 Å². The highest BCUT2D eigenvalue weighted by Crippen LogP contribution is 2.20. The van der Waals surface area contributed by atoms with Crippen LogP contribution < -0.4 is 4.72 Å². The minimum Gasteiger partial charge on any atom is -0.463 e. The molecule has 9 nitrogen and oxygen atoms in total. The molecule has 0 aliphatic heterocycles. The van der Waals surface area contributed by atoms with Crippen molar-refractivity contribution < 1.29 is 12.8 Å². The van der Waals surface area contributed by atoms with E-state index >= 15 is 0 Å². The van der Waals surface area contributed by atoms with Crippen LogP contribution in [0.25, 0.3) is 17.1 Å². The lowest BCUT2D eigenvalue weighted by Crippen LogP contribution is -2.27. The molecule has 4 aromatic heterocycles. The van der Waals surface area contributed by atoms with Gasteiger partial charge in [-0.05, 0) is 12.1 Å². The normalized spacial score (nSPS) is 12.2. The highest BCUT2D eigenvalue weighted by atomic mass is 32.2.